The second kappa shape index (κ2) is 10.3. The predicted molar refractivity (Wildman–Crippen MR) is 118 cm³/mol. The smallest absolute Gasteiger partial charge is 0.330 e. The molecule has 0 aliphatic heterocycles. The van der Waals surface area contributed by atoms with Gasteiger partial charge in [0.25, 0.3) is 5.91 Å². The number of rotatable bonds is 7. The van der Waals surface area contributed by atoms with Crippen LogP contribution in [0.3, 0.4) is 0 Å². The van der Waals surface area contributed by atoms with E-state index in [0.29, 0.717) is 0 Å². The lowest BCUT2D eigenvalue weighted by molar-refractivity contribution is -0.147. The number of amides is 1. The number of nitrogens with one attached hydrogen (secondary N) is 1. The van der Waals surface area contributed by atoms with Crippen LogP contribution in [0.2, 0.25) is 10.0 Å². The molecule has 0 unspecified atom stereocenters. The third-order valence-electron chi connectivity index (χ3n) is 4.43. The second-order valence-electron chi connectivity index (χ2n) is 6.54. The lowest BCUT2D eigenvalue weighted by Gasteiger charge is -2.17. The van der Waals surface area contributed by atoms with Gasteiger partial charge in [-0.1, -0.05) is 83.9 Å². The van der Waals surface area contributed by atoms with Crippen LogP contribution in [0.15, 0.2) is 72.8 Å². The molecule has 0 aliphatic carbocycles. The molecule has 1 amide bonds. The molecule has 0 aromatic heterocycles. The molecule has 30 heavy (non-hydrogen) atoms. The van der Waals surface area contributed by atoms with Crippen LogP contribution < -0.4 is 11.1 Å². The average molecular weight is 443 g/mol. The maximum atomic E-state index is 12.7. The van der Waals surface area contributed by atoms with Crippen LogP contribution >= 0.6 is 23.2 Å². The lowest BCUT2D eigenvalue weighted by atomic mass is 10.0. The molecule has 3 rings (SSSR count). The molecule has 0 radical (unpaired) electrons. The lowest BCUT2D eigenvalue weighted by Crippen LogP contribution is -2.46. The van der Waals surface area contributed by atoms with Crippen LogP contribution in [0.25, 0.3) is 11.1 Å². The first-order valence-corrected chi connectivity index (χ1v) is 10.0. The van der Waals surface area contributed by atoms with E-state index in [1.165, 1.54) is 0 Å². The van der Waals surface area contributed by atoms with Crippen LogP contribution in [-0.4, -0.2) is 24.5 Å². The zero-order valence-corrected chi connectivity index (χ0v) is 17.5. The summed E-state index contributed by atoms with van der Waals surface area (Å²) in [5.41, 5.74) is 8.26. The monoisotopic (exact) mass is 442 g/mol. The Bertz CT molecular complexity index is 1000. The van der Waals surface area contributed by atoms with E-state index in [-0.39, 0.29) is 28.8 Å². The summed E-state index contributed by atoms with van der Waals surface area (Å²) in [4.78, 5) is 25.1. The molecular weight excluding hydrogens is 423 g/mol. The Morgan fingerprint density at radius 1 is 0.900 bits per heavy atom. The Kier molecular flexibility index (Phi) is 7.46. The Morgan fingerprint density at radius 3 is 2.03 bits per heavy atom. The molecular formula is C23H20Cl2N2O3. The molecule has 0 fully saturated rings. The quantitative estimate of drug-likeness (QED) is 0.529. The highest BCUT2D eigenvalue weighted by Crippen LogP contribution is 2.31. The number of halogens is 2. The van der Waals surface area contributed by atoms with Gasteiger partial charge in [0.05, 0.1) is 15.6 Å². The molecule has 0 heterocycles. The highest BCUT2D eigenvalue weighted by Gasteiger charge is 2.24. The minimum absolute atomic E-state index is 0.0762. The van der Waals surface area contributed by atoms with E-state index in [1.807, 2.05) is 60.7 Å². The van der Waals surface area contributed by atoms with Gasteiger partial charge in [-0.3, -0.25) is 4.79 Å². The molecule has 3 N–H and O–H groups in total. The molecule has 0 aliphatic rings. The van der Waals surface area contributed by atoms with Crippen LogP contribution in [0.5, 0.6) is 0 Å². The molecule has 0 bridgehead atoms. The first-order valence-electron chi connectivity index (χ1n) is 9.25. The van der Waals surface area contributed by atoms with Gasteiger partial charge in [-0.2, -0.15) is 0 Å². The summed E-state index contributed by atoms with van der Waals surface area (Å²) < 4.78 is 5.26. The van der Waals surface area contributed by atoms with E-state index in [0.717, 1.165) is 16.7 Å². The Morgan fingerprint density at radius 2 is 1.47 bits per heavy atom. The van der Waals surface area contributed by atoms with Crippen molar-refractivity contribution in [3.8, 4) is 11.1 Å². The first kappa shape index (κ1) is 21.8. The highest BCUT2D eigenvalue weighted by atomic mass is 35.5. The largest absolute Gasteiger partial charge is 0.459 e. The standard InChI is InChI=1S/C23H20Cl2N2O3/c24-18-11-17(16-9-5-2-6-10-16)12-19(25)21(18)22(28)27-20(13-26)23(29)30-14-15-7-3-1-4-8-15/h1-12,20H,13-14,26H2,(H,27,28)/t20-/m0/s1. The number of nitrogens with two attached hydrogens (primary N) is 1. The fraction of sp³-hybridized carbons (Fsp3) is 0.130. The van der Waals surface area contributed by atoms with Crippen molar-refractivity contribution in [2.45, 2.75) is 12.6 Å². The highest BCUT2D eigenvalue weighted by molar-refractivity contribution is 6.40. The summed E-state index contributed by atoms with van der Waals surface area (Å²) in [6.07, 6.45) is 0. The number of hydrogen-bond acceptors (Lipinski definition) is 4. The van der Waals surface area contributed by atoms with Gasteiger partial charge in [-0.25, -0.2) is 4.79 Å². The molecule has 3 aromatic rings. The van der Waals surface area contributed by atoms with Crippen molar-refractivity contribution >= 4 is 35.1 Å². The van der Waals surface area contributed by atoms with Crippen LogP contribution in [-0.2, 0) is 16.1 Å². The van der Waals surface area contributed by atoms with Crippen molar-refractivity contribution in [3.63, 3.8) is 0 Å². The van der Waals surface area contributed by atoms with E-state index >= 15 is 0 Å². The SMILES string of the molecule is NC[C@H](NC(=O)c1c(Cl)cc(-c2ccccc2)cc1Cl)C(=O)OCc1ccccc1. The summed E-state index contributed by atoms with van der Waals surface area (Å²) in [6, 6.07) is 21.0. The summed E-state index contributed by atoms with van der Waals surface area (Å²) >= 11 is 12.7. The number of esters is 1. The van der Waals surface area contributed by atoms with Crippen molar-refractivity contribution in [3.05, 3.63) is 94.0 Å². The molecule has 0 spiro atoms. The van der Waals surface area contributed by atoms with Gasteiger partial charge in [0, 0.05) is 6.54 Å². The van der Waals surface area contributed by atoms with Gasteiger partial charge >= 0.3 is 5.97 Å². The maximum Gasteiger partial charge on any atom is 0.330 e. The minimum Gasteiger partial charge on any atom is -0.459 e. The maximum absolute atomic E-state index is 12.7. The Labute approximate surface area is 184 Å². The molecule has 1 atom stereocenters. The van der Waals surface area contributed by atoms with Gasteiger partial charge in [-0.15, -0.1) is 0 Å². The zero-order chi connectivity index (χ0) is 21.5. The summed E-state index contributed by atoms with van der Waals surface area (Å²) in [7, 11) is 0. The average Bonchev–Trinajstić information content (AvgIpc) is 2.76. The van der Waals surface area contributed by atoms with Gasteiger partial charge in [0.1, 0.15) is 12.6 Å². The van der Waals surface area contributed by atoms with E-state index < -0.39 is 17.9 Å². The summed E-state index contributed by atoms with van der Waals surface area (Å²) in [5, 5.41) is 2.90. The van der Waals surface area contributed by atoms with E-state index in [2.05, 4.69) is 5.32 Å². The van der Waals surface area contributed by atoms with Crippen molar-refractivity contribution in [2.24, 2.45) is 5.73 Å². The van der Waals surface area contributed by atoms with E-state index in [9.17, 15) is 9.59 Å². The molecule has 5 nitrogen and oxygen atoms in total. The second-order valence-corrected chi connectivity index (χ2v) is 7.35. The van der Waals surface area contributed by atoms with Crippen molar-refractivity contribution < 1.29 is 14.3 Å². The predicted octanol–water partition coefficient (Wildman–Crippen LogP) is 4.46. The fourth-order valence-corrected chi connectivity index (χ4v) is 3.52. The molecule has 3 aromatic carbocycles. The number of benzene rings is 3. The summed E-state index contributed by atoms with van der Waals surface area (Å²) in [6.45, 7) is -0.0456. The fourth-order valence-electron chi connectivity index (χ4n) is 2.86. The van der Waals surface area contributed by atoms with E-state index in [1.54, 1.807) is 12.1 Å². The topological polar surface area (TPSA) is 81.4 Å². The molecule has 0 saturated carbocycles. The van der Waals surface area contributed by atoms with Gasteiger partial charge in [-0.05, 0) is 28.8 Å². The van der Waals surface area contributed by atoms with Gasteiger partial charge < -0.3 is 15.8 Å². The summed E-state index contributed by atoms with van der Waals surface area (Å²) in [5.74, 6) is -1.24. The van der Waals surface area contributed by atoms with Crippen LogP contribution in [0, 0.1) is 0 Å². The third kappa shape index (κ3) is 5.39. The van der Waals surface area contributed by atoms with Crippen LogP contribution in [0.1, 0.15) is 15.9 Å². The third-order valence-corrected chi connectivity index (χ3v) is 5.02. The van der Waals surface area contributed by atoms with E-state index in [4.69, 9.17) is 33.7 Å². The van der Waals surface area contributed by atoms with Gasteiger partial charge in [0.2, 0.25) is 0 Å². The Hall–Kier alpha value is -2.86. The van der Waals surface area contributed by atoms with Crippen molar-refractivity contribution in [1.82, 2.24) is 5.32 Å². The molecule has 154 valence electrons. The number of ether oxygens (including phenoxy) is 1. The van der Waals surface area contributed by atoms with Crippen molar-refractivity contribution in [2.75, 3.05) is 6.54 Å². The number of carbonyl (C=O) groups excluding carboxylic acids is 2. The van der Waals surface area contributed by atoms with Crippen molar-refractivity contribution in [1.29, 1.82) is 0 Å². The van der Waals surface area contributed by atoms with Gasteiger partial charge in [0.15, 0.2) is 0 Å². The Balaban J connectivity index is 1.71. The van der Waals surface area contributed by atoms with Crippen LogP contribution in [0.4, 0.5) is 0 Å². The minimum atomic E-state index is -1.03. The molecule has 0 saturated heterocycles. The normalized spacial score (nSPS) is 11.6. The number of hydrogen-bond donors (Lipinski definition) is 2. The molecule has 7 heteroatoms. The number of carbonyl (C=O) groups is 2. The zero-order valence-electron chi connectivity index (χ0n) is 16.0. The first-order chi connectivity index (χ1) is 14.5.